The third-order valence-electron chi connectivity index (χ3n) is 3.14. The van der Waals surface area contributed by atoms with Gasteiger partial charge in [-0.2, -0.15) is 5.26 Å². The second-order valence-electron chi connectivity index (χ2n) is 4.66. The molecule has 0 aliphatic carbocycles. The van der Waals surface area contributed by atoms with E-state index in [-0.39, 0.29) is 17.6 Å². The van der Waals surface area contributed by atoms with Gasteiger partial charge in [-0.15, -0.1) is 0 Å². The molecular formula is C14H15Cl2NO. The molecule has 2 unspecified atom stereocenters. The molecular weight excluding hydrogens is 269 g/mol. The summed E-state index contributed by atoms with van der Waals surface area (Å²) in [5.41, 5.74) is 0.529. The number of hydrogen-bond donors (Lipinski definition) is 0. The third kappa shape index (κ3) is 3.25. The Morgan fingerprint density at radius 2 is 1.89 bits per heavy atom. The molecule has 0 bridgehead atoms. The van der Waals surface area contributed by atoms with E-state index in [0.717, 1.165) is 0 Å². The maximum absolute atomic E-state index is 12.2. The van der Waals surface area contributed by atoms with Gasteiger partial charge in [-0.05, 0) is 23.6 Å². The van der Waals surface area contributed by atoms with E-state index in [4.69, 9.17) is 23.2 Å². The standard InChI is InChI=1S/C14H15Cl2NO/c1-8(2)9(3)14(18)12(7-17)11-5-4-10(15)6-13(11)16/h4-6,8-9,12H,1-3H3. The van der Waals surface area contributed by atoms with Crippen LogP contribution in [0.5, 0.6) is 0 Å². The van der Waals surface area contributed by atoms with Crippen molar-refractivity contribution in [2.24, 2.45) is 11.8 Å². The van der Waals surface area contributed by atoms with Crippen molar-refractivity contribution in [2.75, 3.05) is 0 Å². The predicted octanol–water partition coefficient (Wildman–Crippen LogP) is 4.46. The fraction of sp³-hybridized carbons (Fsp3) is 0.429. The van der Waals surface area contributed by atoms with Crippen LogP contribution in [0.4, 0.5) is 0 Å². The van der Waals surface area contributed by atoms with E-state index in [1.165, 1.54) is 0 Å². The maximum Gasteiger partial charge on any atom is 0.157 e. The van der Waals surface area contributed by atoms with Crippen molar-refractivity contribution in [3.63, 3.8) is 0 Å². The summed E-state index contributed by atoms with van der Waals surface area (Å²) in [4.78, 5) is 12.2. The van der Waals surface area contributed by atoms with Crippen LogP contribution >= 0.6 is 23.2 Å². The minimum absolute atomic E-state index is 0.100. The SMILES string of the molecule is CC(C)C(C)C(=O)C(C#N)c1ccc(Cl)cc1Cl. The Balaban J connectivity index is 3.11. The Bertz CT molecular complexity index is 491. The molecule has 2 nitrogen and oxygen atoms in total. The van der Waals surface area contributed by atoms with Gasteiger partial charge in [0, 0.05) is 16.0 Å². The lowest BCUT2D eigenvalue weighted by atomic mass is 9.84. The second-order valence-corrected chi connectivity index (χ2v) is 5.51. The molecule has 0 fully saturated rings. The lowest BCUT2D eigenvalue weighted by Crippen LogP contribution is -2.23. The van der Waals surface area contributed by atoms with Crippen molar-refractivity contribution in [3.05, 3.63) is 33.8 Å². The van der Waals surface area contributed by atoms with E-state index >= 15 is 0 Å². The Kier molecular flexibility index (Phi) is 5.19. The van der Waals surface area contributed by atoms with Crippen molar-refractivity contribution in [2.45, 2.75) is 26.7 Å². The van der Waals surface area contributed by atoms with Crippen LogP contribution in [-0.4, -0.2) is 5.78 Å². The molecule has 4 heteroatoms. The first-order chi connectivity index (χ1) is 8.38. The topological polar surface area (TPSA) is 40.9 Å². The number of ketones is 1. The lowest BCUT2D eigenvalue weighted by molar-refractivity contribution is -0.123. The average molecular weight is 284 g/mol. The number of nitriles is 1. The summed E-state index contributed by atoms with van der Waals surface area (Å²) in [6.07, 6.45) is 0. The number of benzene rings is 1. The van der Waals surface area contributed by atoms with E-state index in [1.54, 1.807) is 18.2 Å². The van der Waals surface area contributed by atoms with Crippen molar-refractivity contribution < 1.29 is 4.79 Å². The normalized spacial score (nSPS) is 14.1. The first-order valence-corrected chi connectivity index (χ1v) is 6.52. The van der Waals surface area contributed by atoms with Crippen LogP contribution in [0.1, 0.15) is 32.3 Å². The summed E-state index contributed by atoms with van der Waals surface area (Å²) in [5.74, 6) is -0.912. The molecule has 1 rings (SSSR count). The van der Waals surface area contributed by atoms with E-state index < -0.39 is 5.92 Å². The first-order valence-electron chi connectivity index (χ1n) is 5.76. The van der Waals surface area contributed by atoms with Gasteiger partial charge in [0.15, 0.2) is 5.78 Å². The summed E-state index contributed by atoms with van der Waals surface area (Å²) in [6, 6.07) is 6.87. The number of hydrogen-bond acceptors (Lipinski definition) is 2. The largest absolute Gasteiger partial charge is 0.298 e. The Morgan fingerprint density at radius 1 is 1.28 bits per heavy atom. The van der Waals surface area contributed by atoms with Gasteiger partial charge in [-0.3, -0.25) is 4.79 Å². The Hall–Kier alpha value is -1.04. The number of Topliss-reactive ketones (excluding diaryl/α,β-unsaturated/α-hetero) is 1. The zero-order valence-electron chi connectivity index (χ0n) is 10.6. The van der Waals surface area contributed by atoms with Crippen LogP contribution in [0.25, 0.3) is 0 Å². The third-order valence-corrected chi connectivity index (χ3v) is 3.70. The number of nitrogens with zero attached hydrogens (tertiary/aromatic N) is 1. The number of rotatable bonds is 4. The monoisotopic (exact) mass is 283 g/mol. The van der Waals surface area contributed by atoms with E-state index in [2.05, 4.69) is 0 Å². The fourth-order valence-electron chi connectivity index (χ4n) is 1.61. The molecule has 0 aliphatic heterocycles. The minimum atomic E-state index is -0.827. The van der Waals surface area contributed by atoms with E-state index in [1.807, 2.05) is 26.8 Å². The number of carbonyl (C=O) groups excluding carboxylic acids is 1. The summed E-state index contributed by atoms with van der Waals surface area (Å²) < 4.78 is 0. The number of carbonyl (C=O) groups is 1. The fourth-order valence-corrected chi connectivity index (χ4v) is 2.13. The highest BCUT2D eigenvalue weighted by atomic mass is 35.5. The smallest absolute Gasteiger partial charge is 0.157 e. The summed E-state index contributed by atoms with van der Waals surface area (Å²) in [5, 5.41) is 10.1. The molecule has 0 saturated heterocycles. The van der Waals surface area contributed by atoms with Gasteiger partial charge in [0.2, 0.25) is 0 Å². The van der Waals surface area contributed by atoms with Crippen LogP contribution in [0.15, 0.2) is 18.2 Å². The van der Waals surface area contributed by atoms with Gasteiger partial charge in [0.1, 0.15) is 5.92 Å². The molecule has 0 aromatic heterocycles. The molecule has 0 radical (unpaired) electrons. The highest BCUT2D eigenvalue weighted by Crippen LogP contribution is 2.30. The first kappa shape index (κ1) is 15.0. The minimum Gasteiger partial charge on any atom is -0.298 e. The van der Waals surface area contributed by atoms with E-state index in [9.17, 15) is 10.1 Å². The summed E-state index contributed by atoms with van der Waals surface area (Å²) in [6.45, 7) is 5.75. The molecule has 0 saturated carbocycles. The predicted molar refractivity (Wildman–Crippen MR) is 73.8 cm³/mol. The second kappa shape index (κ2) is 6.22. The Labute approximate surface area is 118 Å². The van der Waals surface area contributed by atoms with Gasteiger partial charge in [-0.1, -0.05) is 50.0 Å². The van der Waals surface area contributed by atoms with Crippen molar-refractivity contribution in [3.8, 4) is 6.07 Å². The van der Waals surface area contributed by atoms with E-state index in [0.29, 0.717) is 15.6 Å². The molecule has 0 N–H and O–H groups in total. The molecule has 1 aromatic carbocycles. The Morgan fingerprint density at radius 3 is 2.33 bits per heavy atom. The van der Waals surface area contributed by atoms with Crippen molar-refractivity contribution in [1.29, 1.82) is 5.26 Å². The summed E-state index contributed by atoms with van der Waals surface area (Å²) in [7, 11) is 0. The summed E-state index contributed by atoms with van der Waals surface area (Å²) >= 11 is 11.8. The van der Waals surface area contributed by atoms with Gasteiger partial charge in [-0.25, -0.2) is 0 Å². The molecule has 0 aliphatic rings. The van der Waals surface area contributed by atoms with Crippen LogP contribution in [0, 0.1) is 23.2 Å². The highest BCUT2D eigenvalue weighted by molar-refractivity contribution is 6.35. The highest BCUT2D eigenvalue weighted by Gasteiger charge is 2.28. The van der Waals surface area contributed by atoms with Gasteiger partial charge in [0.05, 0.1) is 6.07 Å². The zero-order chi connectivity index (χ0) is 13.9. The molecule has 18 heavy (non-hydrogen) atoms. The molecule has 2 atom stereocenters. The number of halogens is 2. The maximum atomic E-state index is 12.2. The van der Waals surface area contributed by atoms with Crippen LogP contribution in [0.2, 0.25) is 10.0 Å². The van der Waals surface area contributed by atoms with Gasteiger partial charge in [0.25, 0.3) is 0 Å². The zero-order valence-corrected chi connectivity index (χ0v) is 12.1. The van der Waals surface area contributed by atoms with Crippen LogP contribution in [0.3, 0.4) is 0 Å². The molecule has 0 spiro atoms. The van der Waals surface area contributed by atoms with Crippen molar-refractivity contribution in [1.82, 2.24) is 0 Å². The van der Waals surface area contributed by atoms with Gasteiger partial charge >= 0.3 is 0 Å². The molecule has 0 amide bonds. The molecule has 96 valence electrons. The van der Waals surface area contributed by atoms with Crippen LogP contribution in [-0.2, 0) is 4.79 Å². The molecule has 1 aromatic rings. The quantitative estimate of drug-likeness (QED) is 0.818. The van der Waals surface area contributed by atoms with Gasteiger partial charge < -0.3 is 0 Å². The van der Waals surface area contributed by atoms with Crippen LogP contribution < -0.4 is 0 Å². The average Bonchev–Trinajstić information content (AvgIpc) is 2.31. The van der Waals surface area contributed by atoms with Crippen molar-refractivity contribution >= 4 is 29.0 Å². The lowest BCUT2D eigenvalue weighted by Gasteiger charge is -2.18. The molecule has 0 heterocycles.